The van der Waals surface area contributed by atoms with E-state index in [1.165, 1.54) is 16.7 Å². The zero-order chi connectivity index (χ0) is 43.4. The fourth-order valence-corrected chi connectivity index (χ4v) is 9.65. The minimum absolute atomic E-state index is 0.0328. The number of hydrogen-bond donors (Lipinski definition) is 3. The number of nitrogens with one attached hydrogen (secondary N) is 2. The van der Waals surface area contributed by atoms with Gasteiger partial charge in [0.05, 0.1) is 4.75 Å². The van der Waals surface area contributed by atoms with Gasteiger partial charge in [-0.05, 0) is 85.9 Å². The van der Waals surface area contributed by atoms with Crippen LogP contribution in [0.15, 0.2) is 140 Å². The number of aliphatic carboxylic acids is 1. The number of carbonyl (C=O) groups is 4. The number of carboxylic acid groups (broad SMARTS) is 1. The molecule has 61 heavy (non-hydrogen) atoms. The molecule has 0 aromatic heterocycles. The van der Waals surface area contributed by atoms with E-state index in [9.17, 15) is 24.3 Å². The molecule has 0 spiro atoms. The number of rotatable bonds is 18. The molecule has 318 valence electrons. The molecule has 0 bridgehead atoms. The van der Waals surface area contributed by atoms with E-state index in [0.717, 1.165) is 38.9 Å². The zero-order valence-corrected chi connectivity index (χ0v) is 36.0. The normalized spacial score (nSPS) is 13.2. The number of carboxylic acids is 1. The summed E-state index contributed by atoms with van der Waals surface area (Å²) in [5.74, 6) is -1.85. The third kappa shape index (κ3) is 10.8. The summed E-state index contributed by atoms with van der Waals surface area (Å²) >= 11 is 1.45. The van der Waals surface area contributed by atoms with Crippen LogP contribution < -0.4 is 10.6 Å². The lowest BCUT2D eigenvalue weighted by atomic mass is 9.84. The Morgan fingerprint density at radius 3 is 1.67 bits per heavy atom. The van der Waals surface area contributed by atoms with Crippen molar-refractivity contribution in [2.75, 3.05) is 25.4 Å². The first-order valence-corrected chi connectivity index (χ1v) is 21.8. The summed E-state index contributed by atoms with van der Waals surface area (Å²) in [7, 11) is 0. The Morgan fingerprint density at radius 2 is 1.20 bits per heavy atom. The number of thioether (sulfide) groups is 1. The summed E-state index contributed by atoms with van der Waals surface area (Å²) < 4.78 is 10.4. The van der Waals surface area contributed by atoms with Gasteiger partial charge in [0, 0.05) is 24.8 Å². The molecule has 10 nitrogen and oxygen atoms in total. The summed E-state index contributed by atoms with van der Waals surface area (Å²) in [5, 5.41) is 16.4. The maximum Gasteiger partial charge on any atom is 0.407 e. The number of likely N-dealkylation sites (N-methyl/N-ethyl adjacent to an activating group) is 1. The van der Waals surface area contributed by atoms with E-state index >= 15 is 0 Å². The monoisotopic (exact) mass is 841 g/mol. The Bertz CT molecular complexity index is 2110. The third-order valence-electron chi connectivity index (χ3n) is 10.8. The van der Waals surface area contributed by atoms with Gasteiger partial charge in [-0.25, -0.2) is 14.4 Å². The van der Waals surface area contributed by atoms with Gasteiger partial charge in [-0.2, -0.15) is 0 Å². The molecule has 5 aromatic carbocycles. The highest BCUT2D eigenvalue weighted by atomic mass is 32.2. The fraction of sp³-hybridized carbons (Fsp3) is 0.320. The van der Waals surface area contributed by atoms with E-state index < -0.39 is 46.5 Å². The first-order chi connectivity index (χ1) is 29.4. The summed E-state index contributed by atoms with van der Waals surface area (Å²) in [6.07, 6.45) is -0.238. The van der Waals surface area contributed by atoms with Gasteiger partial charge in [0.2, 0.25) is 5.91 Å². The van der Waals surface area contributed by atoms with Gasteiger partial charge in [0.25, 0.3) is 0 Å². The molecule has 6 rings (SSSR count). The molecule has 0 unspecified atom stereocenters. The van der Waals surface area contributed by atoms with Crippen molar-refractivity contribution in [3.63, 3.8) is 0 Å². The van der Waals surface area contributed by atoms with Crippen LogP contribution in [0.5, 0.6) is 0 Å². The summed E-state index contributed by atoms with van der Waals surface area (Å²) in [6.45, 7) is 7.50. The molecule has 2 atom stereocenters. The van der Waals surface area contributed by atoms with E-state index in [4.69, 9.17) is 9.47 Å². The minimum Gasteiger partial charge on any atom is -0.480 e. The molecule has 3 N–H and O–H groups in total. The van der Waals surface area contributed by atoms with Crippen molar-refractivity contribution >= 4 is 35.8 Å². The van der Waals surface area contributed by atoms with Crippen LogP contribution in [0, 0.1) is 0 Å². The molecule has 0 saturated carbocycles. The van der Waals surface area contributed by atoms with Gasteiger partial charge in [0.15, 0.2) is 0 Å². The average molecular weight is 842 g/mol. The van der Waals surface area contributed by atoms with Gasteiger partial charge in [0.1, 0.15) is 24.3 Å². The van der Waals surface area contributed by atoms with Gasteiger partial charge >= 0.3 is 18.2 Å². The van der Waals surface area contributed by atoms with Crippen molar-refractivity contribution in [2.45, 2.75) is 75.3 Å². The van der Waals surface area contributed by atoms with E-state index in [-0.39, 0.29) is 37.8 Å². The third-order valence-corrected chi connectivity index (χ3v) is 12.4. The molecule has 1 aliphatic carbocycles. The topological polar surface area (TPSA) is 134 Å². The number of alkyl carbamates (subject to hydrolysis) is 2. The molecule has 0 aliphatic heterocycles. The number of amides is 3. The fourth-order valence-electron chi connectivity index (χ4n) is 8.01. The number of fused-ring (bicyclic) bond motifs is 3. The number of benzene rings is 5. The number of ether oxygens (including phenoxy) is 2. The van der Waals surface area contributed by atoms with Crippen LogP contribution in [-0.2, 0) is 23.8 Å². The Kier molecular flexibility index (Phi) is 14.9. The predicted octanol–water partition coefficient (Wildman–Crippen LogP) is 9.62. The van der Waals surface area contributed by atoms with Gasteiger partial charge in [-0.1, -0.05) is 140 Å². The second kappa shape index (κ2) is 20.5. The molecule has 5 aromatic rings. The Morgan fingerprint density at radius 1 is 0.705 bits per heavy atom. The summed E-state index contributed by atoms with van der Waals surface area (Å²) in [5.41, 5.74) is 6.53. The van der Waals surface area contributed by atoms with Gasteiger partial charge < -0.3 is 30.1 Å². The lowest BCUT2D eigenvalue weighted by molar-refractivity contribution is -0.149. The van der Waals surface area contributed by atoms with Crippen molar-refractivity contribution in [1.29, 1.82) is 0 Å². The summed E-state index contributed by atoms with van der Waals surface area (Å²) in [4.78, 5) is 55.3. The van der Waals surface area contributed by atoms with Crippen LogP contribution in [0.1, 0.15) is 80.7 Å². The molecule has 0 radical (unpaired) electrons. The Labute approximate surface area is 363 Å². The number of hydrogen-bond acceptors (Lipinski definition) is 7. The minimum atomic E-state index is -1.25. The molecule has 1 aliphatic rings. The quantitative estimate of drug-likeness (QED) is 0.0587. The Balaban J connectivity index is 1.23. The highest BCUT2D eigenvalue weighted by Crippen LogP contribution is 2.49. The van der Waals surface area contributed by atoms with Crippen molar-refractivity contribution in [3.8, 4) is 11.1 Å². The highest BCUT2D eigenvalue weighted by Gasteiger charge is 2.41. The lowest BCUT2D eigenvalue weighted by Gasteiger charge is -2.38. The molecule has 0 heterocycles. The average Bonchev–Trinajstić information content (AvgIpc) is 3.58. The first-order valence-electron chi connectivity index (χ1n) is 20.8. The SMILES string of the molecule is CCN(C(=O)[C@H](CCCCNC(=O)OC(C)(C)C)NC(=O)OCC1c2ccccc2-c2ccccc21)[C@@H](CSC(c1ccccc1)(c1ccccc1)c1ccccc1)C(=O)O. The first kappa shape index (κ1) is 44.5. The van der Waals surface area contributed by atoms with E-state index in [1.807, 2.05) is 127 Å². The van der Waals surface area contributed by atoms with Crippen LogP contribution in [0.4, 0.5) is 9.59 Å². The maximum absolute atomic E-state index is 14.7. The van der Waals surface area contributed by atoms with Crippen LogP contribution >= 0.6 is 11.8 Å². The number of nitrogens with zero attached hydrogens (tertiary/aromatic N) is 1. The highest BCUT2D eigenvalue weighted by molar-refractivity contribution is 8.00. The molecule has 0 saturated heterocycles. The standard InChI is InChI=1S/C50H55N3O7S/c1-5-53(44(46(55)56)34-61-50(35-21-9-6-10-22-35,36-23-11-7-12-24-36)37-25-13-8-14-26-37)45(54)43(31-19-20-32-51-47(57)60-49(2,3)4)52-48(58)59-33-42-40-29-17-15-27-38(40)39-28-16-18-30-41(39)42/h6-18,21-30,42-44H,5,19-20,31-34H2,1-4H3,(H,51,57)(H,52,58)(H,55,56)/t43-,44-/m0/s1. The predicted molar refractivity (Wildman–Crippen MR) is 241 cm³/mol. The van der Waals surface area contributed by atoms with E-state index in [0.29, 0.717) is 12.8 Å². The van der Waals surface area contributed by atoms with Crippen LogP contribution in [0.3, 0.4) is 0 Å². The molecular weight excluding hydrogens is 787 g/mol. The van der Waals surface area contributed by atoms with Crippen LogP contribution in [0.25, 0.3) is 11.1 Å². The Hall–Kier alpha value is -6.07. The van der Waals surface area contributed by atoms with Crippen molar-refractivity contribution in [3.05, 3.63) is 167 Å². The number of carbonyl (C=O) groups excluding carboxylic acids is 3. The molecular formula is C50H55N3O7S. The van der Waals surface area contributed by atoms with Crippen molar-refractivity contribution in [1.82, 2.24) is 15.5 Å². The summed E-state index contributed by atoms with van der Waals surface area (Å²) in [6, 6.07) is 43.6. The van der Waals surface area contributed by atoms with Crippen molar-refractivity contribution < 1.29 is 33.8 Å². The van der Waals surface area contributed by atoms with E-state index in [1.54, 1.807) is 27.7 Å². The van der Waals surface area contributed by atoms with E-state index in [2.05, 4.69) is 22.8 Å². The van der Waals surface area contributed by atoms with Crippen LogP contribution in [0.2, 0.25) is 0 Å². The maximum atomic E-state index is 14.7. The lowest BCUT2D eigenvalue weighted by Crippen LogP contribution is -2.55. The van der Waals surface area contributed by atoms with Crippen molar-refractivity contribution in [2.24, 2.45) is 0 Å². The zero-order valence-electron chi connectivity index (χ0n) is 35.2. The van der Waals surface area contributed by atoms with Crippen LogP contribution in [-0.4, -0.2) is 77.2 Å². The largest absolute Gasteiger partial charge is 0.480 e. The van der Waals surface area contributed by atoms with Gasteiger partial charge in [-0.15, -0.1) is 11.8 Å². The molecule has 11 heteroatoms. The smallest absolute Gasteiger partial charge is 0.407 e. The second-order valence-corrected chi connectivity index (χ2v) is 17.2. The second-order valence-electron chi connectivity index (χ2n) is 16.0. The van der Waals surface area contributed by atoms with Gasteiger partial charge in [-0.3, -0.25) is 4.79 Å². The number of unbranched alkanes of at least 4 members (excludes halogenated alkanes) is 1. The molecule has 3 amide bonds. The molecule has 0 fully saturated rings.